The fraction of sp³-hybridized carbons (Fsp3) is 0.611. The minimum Gasteiger partial charge on any atom is -0.444 e. The number of piperidine rings is 1. The van der Waals surface area contributed by atoms with Gasteiger partial charge in [-0.15, -0.1) is 0 Å². The molecule has 0 bridgehead atoms. The molecular formula is C18H27BrN2O2. The number of likely N-dealkylation sites (tertiary alicyclic amines) is 1. The Kier molecular flexibility index (Phi) is 5.95. The van der Waals surface area contributed by atoms with E-state index in [1.54, 1.807) is 0 Å². The molecule has 1 aromatic rings. The summed E-state index contributed by atoms with van der Waals surface area (Å²) in [6, 6.07) is 6.32. The Hall–Kier alpha value is -1.23. The van der Waals surface area contributed by atoms with Gasteiger partial charge in [-0.25, -0.2) is 4.79 Å². The van der Waals surface area contributed by atoms with Crippen molar-refractivity contribution < 1.29 is 9.53 Å². The summed E-state index contributed by atoms with van der Waals surface area (Å²) in [6.45, 7) is 10.3. The van der Waals surface area contributed by atoms with E-state index in [1.807, 2.05) is 25.7 Å². The molecule has 1 aliphatic heterocycles. The summed E-state index contributed by atoms with van der Waals surface area (Å²) >= 11 is 3.58. The molecule has 0 radical (unpaired) electrons. The van der Waals surface area contributed by atoms with Gasteiger partial charge >= 0.3 is 6.09 Å². The molecule has 23 heavy (non-hydrogen) atoms. The van der Waals surface area contributed by atoms with E-state index in [2.05, 4.69) is 46.4 Å². The molecule has 0 aromatic heterocycles. The first-order valence-electron chi connectivity index (χ1n) is 8.22. The molecule has 5 heteroatoms. The molecule has 0 saturated carbocycles. The molecular weight excluding hydrogens is 356 g/mol. The van der Waals surface area contributed by atoms with Crippen LogP contribution in [-0.4, -0.2) is 36.2 Å². The summed E-state index contributed by atoms with van der Waals surface area (Å²) in [5.41, 5.74) is 1.96. The molecule has 0 aliphatic carbocycles. The molecule has 1 amide bonds. The van der Waals surface area contributed by atoms with Crippen LogP contribution in [-0.2, 0) is 4.74 Å². The van der Waals surface area contributed by atoms with Gasteiger partial charge in [-0.05, 0) is 80.1 Å². The van der Waals surface area contributed by atoms with Crippen LogP contribution in [0.25, 0.3) is 0 Å². The highest BCUT2D eigenvalue weighted by molar-refractivity contribution is 9.10. The number of aryl methyl sites for hydroxylation is 1. The maximum absolute atomic E-state index is 12.1. The number of ether oxygens (including phenoxy) is 1. The Balaban J connectivity index is 1.79. The predicted molar refractivity (Wildman–Crippen MR) is 97.9 cm³/mol. The summed E-state index contributed by atoms with van der Waals surface area (Å²) in [5, 5.41) is 3.52. The highest BCUT2D eigenvalue weighted by atomic mass is 79.9. The fourth-order valence-corrected chi connectivity index (χ4v) is 3.06. The maximum atomic E-state index is 12.1. The number of nitrogens with zero attached hydrogens (tertiary/aromatic N) is 1. The van der Waals surface area contributed by atoms with Crippen LogP contribution in [0.1, 0.15) is 39.2 Å². The van der Waals surface area contributed by atoms with E-state index in [1.165, 1.54) is 5.56 Å². The summed E-state index contributed by atoms with van der Waals surface area (Å²) in [7, 11) is 0. The first-order valence-corrected chi connectivity index (χ1v) is 9.02. The third kappa shape index (κ3) is 5.72. The number of halogens is 1. The van der Waals surface area contributed by atoms with Gasteiger partial charge in [0.25, 0.3) is 0 Å². The Bertz CT molecular complexity index is 546. The van der Waals surface area contributed by atoms with Crippen LogP contribution in [0.3, 0.4) is 0 Å². The van der Waals surface area contributed by atoms with Crippen LogP contribution in [0, 0.1) is 12.8 Å². The van der Waals surface area contributed by atoms with Crippen LogP contribution < -0.4 is 5.32 Å². The zero-order valence-electron chi connectivity index (χ0n) is 14.5. The first-order chi connectivity index (χ1) is 10.7. The summed E-state index contributed by atoms with van der Waals surface area (Å²) in [6.07, 6.45) is 1.83. The molecule has 1 aromatic carbocycles. The van der Waals surface area contributed by atoms with Gasteiger partial charge < -0.3 is 15.0 Å². The number of carbonyl (C=O) groups is 1. The summed E-state index contributed by atoms with van der Waals surface area (Å²) < 4.78 is 6.53. The van der Waals surface area contributed by atoms with Gasteiger partial charge in [-0.2, -0.15) is 0 Å². The lowest BCUT2D eigenvalue weighted by Crippen LogP contribution is -2.42. The van der Waals surface area contributed by atoms with Crippen molar-refractivity contribution >= 4 is 27.7 Å². The zero-order valence-corrected chi connectivity index (χ0v) is 16.1. The highest BCUT2D eigenvalue weighted by Gasteiger charge is 2.26. The Morgan fingerprint density at radius 1 is 1.35 bits per heavy atom. The van der Waals surface area contributed by atoms with Crippen LogP contribution in [0.4, 0.5) is 10.5 Å². The lowest BCUT2D eigenvalue weighted by atomic mass is 9.97. The topological polar surface area (TPSA) is 41.6 Å². The quantitative estimate of drug-likeness (QED) is 0.814. The lowest BCUT2D eigenvalue weighted by molar-refractivity contribution is 0.0188. The number of anilines is 1. The summed E-state index contributed by atoms with van der Waals surface area (Å²) in [5.74, 6) is 0.584. The SMILES string of the molecule is Cc1ccc(Br)c(NCC2CCN(C(=O)OC(C)(C)C)CC2)c1. The first kappa shape index (κ1) is 18.1. The third-order valence-corrected chi connectivity index (χ3v) is 4.66. The number of rotatable bonds is 3. The highest BCUT2D eigenvalue weighted by Crippen LogP contribution is 2.25. The number of benzene rings is 1. The van der Waals surface area contributed by atoms with Crippen molar-refractivity contribution in [3.8, 4) is 0 Å². The zero-order chi connectivity index (χ0) is 17.0. The standard InChI is InChI=1S/C18H27BrN2O2/c1-13-5-6-15(19)16(11-13)20-12-14-7-9-21(10-8-14)17(22)23-18(2,3)4/h5-6,11,14,20H,7-10,12H2,1-4H3. The van der Waals surface area contributed by atoms with Crippen molar-refractivity contribution in [2.24, 2.45) is 5.92 Å². The molecule has 1 fully saturated rings. The van der Waals surface area contributed by atoms with E-state index in [0.717, 1.165) is 42.6 Å². The largest absolute Gasteiger partial charge is 0.444 e. The van der Waals surface area contributed by atoms with Crippen molar-refractivity contribution in [1.82, 2.24) is 4.90 Å². The second-order valence-electron chi connectivity index (χ2n) is 7.27. The molecule has 1 saturated heterocycles. The fourth-order valence-electron chi connectivity index (χ4n) is 2.68. The van der Waals surface area contributed by atoms with Crippen molar-refractivity contribution in [2.75, 3.05) is 25.0 Å². The molecule has 4 nitrogen and oxygen atoms in total. The van der Waals surface area contributed by atoms with Crippen molar-refractivity contribution in [3.63, 3.8) is 0 Å². The molecule has 1 heterocycles. The van der Waals surface area contributed by atoms with E-state index in [4.69, 9.17) is 4.74 Å². The van der Waals surface area contributed by atoms with Gasteiger partial charge in [-0.1, -0.05) is 6.07 Å². The lowest BCUT2D eigenvalue weighted by Gasteiger charge is -2.33. The minimum atomic E-state index is -0.424. The van der Waals surface area contributed by atoms with E-state index in [0.29, 0.717) is 5.92 Å². The predicted octanol–water partition coefficient (Wildman–Crippen LogP) is 4.82. The van der Waals surface area contributed by atoms with Crippen molar-refractivity contribution in [3.05, 3.63) is 28.2 Å². The van der Waals surface area contributed by atoms with Crippen molar-refractivity contribution in [2.45, 2.75) is 46.1 Å². The van der Waals surface area contributed by atoms with Crippen molar-refractivity contribution in [1.29, 1.82) is 0 Å². The molecule has 0 atom stereocenters. The maximum Gasteiger partial charge on any atom is 0.410 e. The number of nitrogens with one attached hydrogen (secondary N) is 1. The van der Waals surface area contributed by atoms with Gasteiger partial charge in [0, 0.05) is 29.8 Å². The molecule has 1 N–H and O–H groups in total. The van der Waals surface area contributed by atoms with E-state index >= 15 is 0 Å². The average molecular weight is 383 g/mol. The monoisotopic (exact) mass is 382 g/mol. The van der Waals surface area contributed by atoms with Crippen LogP contribution >= 0.6 is 15.9 Å². The number of hydrogen-bond acceptors (Lipinski definition) is 3. The van der Waals surface area contributed by atoms with Gasteiger partial charge in [0.1, 0.15) is 5.60 Å². The summed E-state index contributed by atoms with van der Waals surface area (Å²) in [4.78, 5) is 13.9. The Labute approximate surface area is 147 Å². The van der Waals surface area contributed by atoms with E-state index < -0.39 is 5.60 Å². The normalized spacial score (nSPS) is 16.3. The third-order valence-electron chi connectivity index (χ3n) is 3.97. The number of carbonyl (C=O) groups excluding carboxylic acids is 1. The van der Waals surface area contributed by atoms with Crippen LogP contribution in [0.2, 0.25) is 0 Å². The van der Waals surface area contributed by atoms with Crippen LogP contribution in [0.5, 0.6) is 0 Å². The molecule has 0 unspecified atom stereocenters. The van der Waals surface area contributed by atoms with Gasteiger partial charge in [0.2, 0.25) is 0 Å². The molecule has 0 spiro atoms. The average Bonchev–Trinajstić information content (AvgIpc) is 2.47. The molecule has 128 valence electrons. The second-order valence-corrected chi connectivity index (χ2v) is 8.13. The van der Waals surface area contributed by atoms with E-state index in [9.17, 15) is 4.79 Å². The van der Waals surface area contributed by atoms with Gasteiger partial charge in [0.15, 0.2) is 0 Å². The van der Waals surface area contributed by atoms with Crippen LogP contribution in [0.15, 0.2) is 22.7 Å². The molecule has 2 rings (SSSR count). The molecule has 1 aliphatic rings. The van der Waals surface area contributed by atoms with E-state index in [-0.39, 0.29) is 6.09 Å². The van der Waals surface area contributed by atoms with Gasteiger partial charge in [0.05, 0.1) is 0 Å². The minimum absolute atomic E-state index is 0.190. The second kappa shape index (κ2) is 7.56. The van der Waals surface area contributed by atoms with Gasteiger partial charge in [-0.3, -0.25) is 0 Å². The number of hydrogen-bond donors (Lipinski definition) is 1. The Morgan fingerprint density at radius 2 is 2.00 bits per heavy atom. The Morgan fingerprint density at radius 3 is 2.61 bits per heavy atom. The number of amides is 1. The smallest absolute Gasteiger partial charge is 0.410 e.